The van der Waals surface area contributed by atoms with Crippen LogP contribution in [0, 0.1) is 0 Å². The van der Waals surface area contributed by atoms with Crippen LogP contribution in [0.5, 0.6) is 0 Å². The molecule has 0 amide bonds. The highest BCUT2D eigenvalue weighted by Crippen LogP contribution is 2.32. The number of carbonyl (C=O) groups excluding carboxylic acids is 1. The van der Waals surface area contributed by atoms with E-state index in [2.05, 4.69) is 61.6 Å². The summed E-state index contributed by atoms with van der Waals surface area (Å²) < 4.78 is 4.81. The second-order valence-corrected chi connectivity index (χ2v) is 7.33. The average molecular weight is 369 g/mol. The minimum absolute atomic E-state index is 0.318. The molecule has 4 aromatic rings. The van der Waals surface area contributed by atoms with E-state index < -0.39 is 0 Å². The molecule has 3 heteroatoms. The first-order valence-corrected chi connectivity index (χ1v) is 9.47. The van der Waals surface area contributed by atoms with Gasteiger partial charge in [0.15, 0.2) is 0 Å². The summed E-state index contributed by atoms with van der Waals surface area (Å²) in [5, 5.41) is 8.15. The maximum Gasteiger partial charge on any atom is 0.337 e. The summed E-state index contributed by atoms with van der Waals surface area (Å²) in [4.78, 5) is 11.7. The highest BCUT2D eigenvalue weighted by atomic mass is 16.5. The maximum absolute atomic E-state index is 11.7. The first-order valence-electron chi connectivity index (χ1n) is 9.47. The van der Waals surface area contributed by atoms with Crippen LogP contribution < -0.4 is 5.32 Å². The first-order chi connectivity index (χ1) is 13.5. The third-order valence-corrected chi connectivity index (χ3v) is 5.08. The number of hydrogen-bond donors (Lipinski definition) is 1. The van der Waals surface area contributed by atoms with Gasteiger partial charge in [0.1, 0.15) is 0 Å². The van der Waals surface area contributed by atoms with Gasteiger partial charge in [0.05, 0.1) is 12.7 Å². The molecular formula is C25H23NO2. The molecule has 4 rings (SSSR count). The maximum atomic E-state index is 11.7. The monoisotopic (exact) mass is 369 g/mol. The van der Waals surface area contributed by atoms with Crippen molar-refractivity contribution in [2.45, 2.75) is 19.8 Å². The van der Waals surface area contributed by atoms with Gasteiger partial charge >= 0.3 is 5.97 Å². The van der Waals surface area contributed by atoms with Crippen LogP contribution in [0.15, 0.2) is 72.8 Å². The highest BCUT2D eigenvalue weighted by molar-refractivity contribution is 5.96. The fraction of sp³-hybridized carbons (Fsp3) is 0.160. The van der Waals surface area contributed by atoms with Crippen LogP contribution in [-0.4, -0.2) is 13.1 Å². The van der Waals surface area contributed by atoms with E-state index in [9.17, 15) is 4.79 Å². The van der Waals surface area contributed by atoms with Crippen LogP contribution in [0.2, 0.25) is 0 Å². The van der Waals surface area contributed by atoms with E-state index in [4.69, 9.17) is 4.74 Å². The Balaban J connectivity index is 1.73. The lowest BCUT2D eigenvalue weighted by Gasteiger charge is -2.17. The van der Waals surface area contributed by atoms with Gasteiger partial charge in [-0.3, -0.25) is 0 Å². The Hall–Kier alpha value is -3.33. The molecule has 0 unspecified atom stereocenters. The lowest BCUT2D eigenvalue weighted by Crippen LogP contribution is -2.01. The number of methoxy groups -OCH3 is 1. The smallest absolute Gasteiger partial charge is 0.337 e. The highest BCUT2D eigenvalue weighted by Gasteiger charge is 2.10. The van der Waals surface area contributed by atoms with E-state index >= 15 is 0 Å². The zero-order valence-corrected chi connectivity index (χ0v) is 16.3. The van der Waals surface area contributed by atoms with Gasteiger partial charge in [0.25, 0.3) is 0 Å². The summed E-state index contributed by atoms with van der Waals surface area (Å²) in [6.45, 7) is 4.42. The molecule has 0 fully saturated rings. The topological polar surface area (TPSA) is 38.3 Å². The SMILES string of the molecule is COC(=O)c1ccc2cc(Nc3cc4ccccc4cc3C(C)C)ccc2c1. The van der Waals surface area contributed by atoms with Gasteiger partial charge in [-0.25, -0.2) is 4.79 Å². The van der Waals surface area contributed by atoms with Gasteiger partial charge in [-0.1, -0.05) is 50.2 Å². The molecule has 140 valence electrons. The summed E-state index contributed by atoms with van der Waals surface area (Å²) in [6, 6.07) is 24.7. The Morgan fingerprint density at radius 2 is 1.46 bits per heavy atom. The Kier molecular flexibility index (Phi) is 4.74. The van der Waals surface area contributed by atoms with Gasteiger partial charge in [0, 0.05) is 11.4 Å². The second kappa shape index (κ2) is 7.35. The van der Waals surface area contributed by atoms with Crippen molar-refractivity contribution in [1.29, 1.82) is 0 Å². The second-order valence-electron chi connectivity index (χ2n) is 7.33. The summed E-state index contributed by atoms with van der Waals surface area (Å²) in [5.74, 6) is 0.0945. The Bertz CT molecular complexity index is 1180. The van der Waals surface area contributed by atoms with Crippen LogP contribution in [0.1, 0.15) is 35.7 Å². The molecule has 3 nitrogen and oxygen atoms in total. The average Bonchev–Trinajstić information content (AvgIpc) is 2.72. The summed E-state index contributed by atoms with van der Waals surface area (Å²) in [7, 11) is 1.40. The molecule has 1 N–H and O–H groups in total. The third kappa shape index (κ3) is 3.44. The van der Waals surface area contributed by atoms with E-state index in [1.807, 2.05) is 24.3 Å². The standard InChI is InChI=1S/C25H23NO2/c1-16(2)23-14-17-6-4-5-7-18(17)15-24(23)26-22-11-10-19-12-21(25(27)28-3)9-8-20(19)13-22/h4-16,26H,1-3H3. The van der Waals surface area contributed by atoms with E-state index in [1.165, 1.54) is 23.4 Å². The molecule has 28 heavy (non-hydrogen) atoms. The quantitative estimate of drug-likeness (QED) is 0.409. The molecule has 0 radical (unpaired) electrons. The van der Waals surface area contributed by atoms with Crippen LogP contribution in [0.25, 0.3) is 21.5 Å². The van der Waals surface area contributed by atoms with Crippen molar-refractivity contribution in [3.8, 4) is 0 Å². The molecular weight excluding hydrogens is 346 g/mol. The molecule has 0 aliphatic carbocycles. The Morgan fingerprint density at radius 3 is 2.18 bits per heavy atom. The van der Waals surface area contributed by atoms with Crippen molar-refractivity contribution >= 4 is 38.9 Å². The fourth-order valence-electron chi connectivity index (χ4n) is 3.57. The number of esters is 1. The van der Waals surface area contributed by atoms with Crippen LogP contribution in [0.3, 0.4) is 0 Å². The zero-order chi connectivity index (χ0) is 19.7. The van der Waals surface area contributed by atoms with E-state index in [0.29, 0.717) is 11.5 Å². The fourth-order valence-corrected chi connectivity index (χ4v) is 3.57. The summed E-state index contributed by atoms with van der Waals surface area (Å²) >= 11 is 0. The van der Waals surface area contributed by atoms with Crippen molar-refractivity contribution in [1.82, 2.24) is 0 Å². The minimum Gasteiger partial charge on any atom is -0.465 e. The normalized spacial score (nSPS) is 11.1. The zero-order valence-electron chi connectivity index (χ0n) is 16.3. The molecule has 0 aliphatic heterocycles. The van der Waals surface area contributed by atoms with Gasteiger partial charge in [-0.15, -0.1) is 0 Å². The molecule has 0 spiro atoms. The predicted molar refractivity (Wildman–Crippen MR) is 117 cm³/mol. The number of fused-ring (bicyclic) bond motifs is 2. The van der Waals surface area contributed by atoms with Gasteiger partial charge in [0.2, 0.25) is 0 Å². The Labute approximate surface area is 165 Å². The van der Waals surface area contributed by atoms with E-state index in [0.717, 1.165) is 22.1 Å². The number of ether oxygens (including phenoxy) is 1. The molecule has 0 bridgehead atoms. The number of rotatable bonds is 4. The lowest BCUT2D eigenvalue weighted by molar-refractivity contribution is 0.0601. The number of anilines is 2. The van der Waals surface area contributed by atoms with Crippen molar-refractivity contribution in [2.24, 2.45) is 0 Å². The first kappa shape index (κ1) is 18.1. The van der Waals surface area contributed by atoms with Crippen LogP contribution >= 0.6 is 0 Å². The van der Waals surface area contributed by atoms with Gasteiger partial charge < -0.3 is 10.1 Å². The van der Waals surface area contributed by atoms with Crippen molar-refractivity contribution in [3.63, 3.8) is 0 Å². The molecule has 0 heterocycles. The molecule has 0 aliphatic rings. The van der Waals surface area contributed by atoms with Crippen molar-refractivity contribution < 1.29 is 9.53 Å². The van der Waals surface area contributed by atoms with E-state index in [1.54, 1.807) is 6.07 Å². The minimum atomic E-state index is -0.318. The van der Waals surface area contributed by atoms with Crippen LogP contribution in [0.4, 0.5) is 11.4 Å². The van der Waals surface area contributed by atoms with Gasteiger partial charge in [-0.2, -0.15) is 0 Å². The number of benzene rings is 4. The van der Waals surface area contributed by atoms with E-state index in [-0.39, 0.29) is 5.97 Å². The molecule has 0 saturated heterocycles. The van der Waals surface area contributed by atoms with Gasteiger partial charge in [-0.05, 0) is 69.4 Å². The molecule has 0 aromatic heterocycles. The number of hydrogen-bond acceptors (Lipinski definition) is 3. The number of nitrogens with one attached hydrogen (secondary N) is 1. The van der Waals surface area contributed by atoms with Crippen LogP contribution in [-0.2, 0) is 4.74 Å². The predicted octanol–water partition coefficient (Wildman–Crippen LogP) is 6.65. The van der Waals surface area contributed by atoms with Crippen molar-refractivity contribution in [2.75, 3.05) is 12.4 Å². The molecule has 0 atom stereocenters. The molecule has 4 aromatic carbocycles. The van der Waals surface area contributed by atoms with Crippen molar-refractivity contribution in [3.05, 3.63) is 83.9 Å². The largest absolute Gasteiger partial charge is 0.465 e. The lowest BCUT2D eigenvalue weighted by atomic mass is 9.96. The summed E-state index contributed by atoms with van der Waals surface area (Å²) in [6.07, 6.45) is 0. The third-order valence-electron chi connectivity index (χ3n) is 5.08. The molecule has 0 saturated carbocycles. The Morgan fingerprint density at radius 1 is 0.821 bits per heavy atom. The summed E-state index contributed by atoms with van der Waals surface area (Å²) in [5.41, 5.74) is 4.00. The number of carbonyl (C=O) groups is 1.